The smallest absolute Gasteiger partial charge is 0.223 e. The van der Waals surface area contributed by atoms with E-state index in [1.807, 2.05) is 4.90 Å². The van der Waals surface area contributed by atoms with E-state index in [4.69, 9.17) is 4.74 Å². The van der Waals surface area contributed by atoms with E-state index in [9.17, 15) is 4.79 Å². The highest BCUT2D eigenvalue weighted by atomic mass is 16.5. The zero-order valence-corrected chi connectivity index (χ0v) is 16.1. The number of nitrogens with one attached hydrogen (secondary N) is 1. The molecule has 0 aliphatic carbocycles. The van der Waals surface area contributed by atoms with Crippen LogP contribution in [0.25, 0.3) is 0 Å². The highest BCUT2D eigenvalue weighted by Crippen LogP contribution is 2.21. The molecular weight excluding hydrogens is 316 g/mol. The van der Waals surface area contributed by atoms with E-state index in [1.165, 1.54) is 19.4 Å². The largest absolute Gasteiger partial charge is 0.373 e. The molecule has 0 bridgehead atoms. The molecule has 3 aliphatic heterocycles. The van der Waals surface area contributed by atoms with Gasteiger partial charge in [-0.3, -0.25) is 9.69 Å². The van der Waals surface area contributed by atoms with E-state index in [1.54, 1.807) is 0 Å². The lowest BCUT2D eigenvalue weighted by atomic mass is 9.95. The van der Waals surface area contributed by atoms with E-state index in [-0.39, 0.29) is 0 Å². The molecule has 3 aliphatic rings. The van der Waals surface area contributed by atoms with Gasteiger partial charge in [0, 0.05) is 58.8 Å². The first-order valence-electron chi connectivity index (χ1n) is 10.2. The number of piperazine rings is 1. The zero-order chi connectivity index (χ0) is 17.6. The molecule has 1 N–H and O–H groups in total. The van der Waals surface area contributed by atoms with Gasteiger partial charge in [-0.1, -0.05) is 0 Å². The van der Waals surface area contributed by atoms with Crippen LogP contribution in [0.2, 0.25) is 0 Å². The Labute approximate surface area is 152 Å². The third-order valence-electron chi connectivity index (χ3n) is 5.83. The Balaban J connectivity index is 1.32. The minimum atomic E-state index is 0.333. The molecule has 2 unspecified atom stereocenters. The fourth-order valence-electron chi connectivity index (χ4n) is 4.52. The van der Waals surface area contributed by atoms with Gasteiger partial charge in [0.2, 0.25) is 5.91 Å². The molecule has 0 spiro atoms. The molecular formula is C19H36N4O2. The lowest BCUT2D eigenvalue weighted by Gasteiger charge is -2.39. The van der Waals surface area contributed by atoms with Crippen molar-refractivity contribution in [2.24, 2.45) is 5.92 Å². The summed E-state index contributed by atoms with van der Waals surface area (Å²) < 4.78 is 5.84. The van der Waals surface area contributed by atoms with Crippen LogP contribution in [0.5, 0.6) is 0 Å². The molecule has 1 amide bonds. The van der Waals surface area contributed by atoms with Gasteiger partial charge in [-0.25, -0.2) is 0 Å². The number of morpholine rings is 1. The second-order valence-corrected chi connectivity index (χ2v) is 8.14. The van der Waals surface area contributed by atoms with Crippen molar-refractivity contribution in [2.45, 2.75) is 45.3 Å². The van der Waals surface area contributed by atoms with Gasteiger partial charge in [0.05, 0.1) is 12.2 Å². The fraction of sp³-hybridized carbons (Fsp3) is 0.947. The molecule has 0 radical (unpaired) electrons. The molecule has 3 saturated heterocycles. The number of piperidine rings is 1. The van der Waals surface area contributed by atoms with Crippen molar-refractivity contribution in [3.63, 3.8) is 0 Å². The van der Waals surface area contributed by atoms with E-state index in [0.29, 0.717) is 24.5 Å². The summed E-state index contributed by atoms with van der Waals surface area (Å²) in [7, 11) is 0. The summed E-state index contributed by atoms with van der Waals surface area (Å²) in [6.45, 7) is 14.6. The number of carbonyl (C=O) groups is 1. The average Bonchev–Trinajstić information content (AvgIpc) is 2.61. The molecule has 25 heavy (non-hydrogen) atoms. The SMILES string of the molecule is CC1CN(CC2CCN(CCC(=O)N3CCNCC3)CC2)CC(C)O1. The number of ether oxygens (including phenoxy) is 1. The second-order valence-electron chi connectivity index (χ2n) is 8.14. The summed E-state index contributed by atoms with van der Waals surface area (Å²) in [5.74, 6) is 1.14. The van der Waals surface area contributed by atoms with Gasteiger partial charge in [-0.2, -0.15) is 0 Å². The molecule has 0 aromatic carbocycles. The number of likely N-dealkylation sites (tertiary alicyclic amines) is 1. The van der Waals surface area contributed by atoms with Crippen LogP contribution < -0.4 is 5.32 Å². The molecule has 0 aromatic heterocycles. The molecule has 6 heteroatoms. The van der Waals surface area contributed by atoms with Crippen molar-refractivity contribution in [1.29, 1.82) is 0 Å². The third-order valence-corrected chi connectivity index (χ3v) is 5.83. The predicted molar refractivity (Wildman–Crippen MR) is 99.7 cm³/mol. The van der Waals surface area contributed by atoms with Crippen molar-refractivity contribution in [1.82, 2.24) is 20.0 Å². The Bertz CT molecular complexity index is 410. The first-order chi connectivity index (χ1) is 12.1. The van der Waals surface area contributed by atoms with Crippen molar-refractivity contribution in [2.75, 3.05) is 65.4 Å². The van der Waals surface area contributed by atoms with E-state index < -0.39 is 0 Å². The van der Waals surface area contributed by atoms with E-state index in [2.05, 4.69) is 29.0 Å². The summed E-state index contributed by atoms with van der Waals surface area (Å²) in [4.78, 5) is 19.4. The van der Waals surface area contributed by atoms with Crippen LogP contribution in [0.15, 0.2) is 0 Å². The van der Waals surface area contributed by atoms with Crippen LogP contribution in [0.1, 0.15) is 33.1 Å². The van der Waals surface area contributed by atoms with Crippen molar-refractivity contribution in [3.8, 4) is 0 Å². The molecule has 0 saturated carbocycles. The number of carbonyl (C=O) groups excluding carboxylic acids is 1. The maximum atomic E-state index is 12.3. The Kier molecular flexibility index (Phi) is 7.10. The predicted octanol–water partition coefficient (Wildman–Crippen LogP) is 0.630. The zero-order valence-electron chi connectivity index (χ0n) is 16.1. The molecule has 144 valence electrons. The number of amides is 1. The van der Waals surface area contributed by atoms with E-state index >= 15 is 0 Å². The Morgan fingerprint density at radius 2 is 1.64 bits per heavy atom. The van der Waals surface area contributed by atoms with Crippen LogP contribution in [-0.4, -0.2) is 98.3 Å². The highest BCUT2D eigenvalue weighted by Gasteiger charge is 2.27. The summed E-state index contributed by atoms with van der Waals surface area (Å²) in [5.41, 5.74) is 0. The number of rotatable bonds is 5. The Morgan fingerprint density at radius 3 is 2.28 bits per heavy atom. The molecule has 3 rings (SSSR count). The van der Waals surface area contributed by atoms with Gasteiger partial charge >= 0.3 is 0 Å². The second kappa shape index (κ2) is 9.31. The number of hydrogen-bond acceptors (Lipinski definition) is 5. The average molecular weight is 353 g/mol. The first kappa shape index (κ1) is 19.1. The van der Waals surface area contributed by atoms with Crippen LogP contribution in [0.4, 0.5) is 0 Å². The van der Waals surface area contributed by atoms with Crippen LogP contribution in [0, 0.1) is 5.92 Å². The first-order valence-corrected chi connectivity index (χ1v) is 10.2. The number of hydrogen-bond donors (Lipinski definition) is 1. The van der Waals surface area contributed by atoms with Crippen molar-refractivity contribution < 1.29 is 9.53 Å². The quantitative estimate of drug-likeness (QED) is 0.786. The van der Waals surface area contributed by atoms with Crippen LogP contribution in [-0.2, 0) is 9.53 Å². The lowest BCUT2D eigenvalue weighted by molar-refractivity contribution is -0.132. The van der Waals surface area contributed by atoms with Gasteiger partial charge in [0.1, 0.15) is 0 Å². The molecule has 3 fully saturated rings. The van der Waals surface area contributed by atoms with Gasteiger partial charge in [0.25, 0.3) is 0 Å². The van der Waals surface area contributed by atoms with Crippen LogP contribution >= 0.6 is 0 Å². The van der Waals surface area contributed by atoms with Crippen molar-refractivity contribution in [3.05, 3.63) is 0 Å². The lowest BCUT2D eigenvalue weighted by Crippen LogP contribution is -2.49. The Hall–Kier alpha value is -0.690. The molecule has 2 atom stereocenters. The number of nitrogens with zero attached hydrogens (tertiary/aromatic N) is 3. The molecule has 3 heterocycles. The summed E-state index contributed by atoms with van der Waals surface area (Å²) in [6, 6.07) is 0. The highest BCUT2D eigenvalue weighted by molar-refractivity contribution is 5.76. The molecule has 6 nitrogen and oxygen atoms in total. The molecule has 0 aromatic rings. The monoisotopic (exact) mass is 352 g/mol. The standard InChI is InChI=1S/C19H36N4O2/c1-16-13-22(14-17(2)25-16)15-18-3-8-21(9-4-18)10-5-19(24)23-11-6-20-7-12-23/h16-18,20H,3-15H2,1-2H3. The normalized spacial score (nSPS) is 30.6. The maximum absolute atomic E-state index is 12.3. The fourth-order valence-corrected chi connectivity index (χ4v) is 4.52. The Morgan fingerprint density at radius 1 is 1.00 bits per heavy atom. The summed E-state index contributed by atoms with van der Waals surface area (Å²) in [6.07, 6.45) is 3.94. The minimum absolute atomic E-state index is 0.333. The van der Waals surface area contributed by atoms with Gasteiger partial charge in [-0.05, 0) is 45.7 Å². The topological polar surface area (TPSA) is 48.0 Å². The van der Waals surface area contributed by atoms with Gasteiger partial charge in [0.15, 0.2) is 0 Å². The van der Waals surface area contributed by atoms with Crippen LogP contribution in [0.3, 0.4) is 0 Å². The van der Waals surface area contributed by atoms with Gasteiger partial charge in [-0.15, -0.1) is 0 Å². The summed E-state index contributed by atoms with van der Waals surface area (Å²) >= 11 is 0. The van der Waals surface area contributed by atoms with E-state index in [0.717, 1.165) is 64.8 Å². The third kappa shape index (κ3) is 5.91. The summed E-state index contributed by atoms with van der Waals surface area (Å²) in [5, 5.41) is 3.30. The maximum Gasteiger partial charge on any atom is 0.223 e. The minimum Gasteiger partial charge on any atom is -0.373 e. The van der Waals surface area contributed by atoms with Gasteiger partial charge < -0.3 is 19.9 Å². The van der Waals surface area contributed by atoms with Crippen molar-refractivity contribution >= 4 is 5.91 Å².